The van der Waals surface area contributed by atoms with Crippen molar-refractivity contribution in [3.8, 4) is 0 Å². The van der Waals surface area contributed by atoms with Crippen LogP contribution in [0, 0.1) is 5.92 Å². The maximum atomic E-state index is 5.84. The van der Waals surface area contributed by atoms with Gasteiger partial charge in [-0.05, 0) is 63.0 Å². The van der Waals surface area contributed by atoms with Gasteiger partial charge in [0.25, 0.3) is 0 Å². The molecule has 0 aromatic rings. The molecular formula is C19H28O. The highest BCUT2D eigenvalue weighted by Crippen LogP contribution is 2.21. The second-order valence-electron chi connectivity index (χ2n) is 5.81. The van der Waals surface area contributed by atoms with Crippen molar-refractivity contribution in [1.82, 2.24) is 0 Å². The highest BCUT2D eigenvalue weighted by Gasteiger charge is 2.08. The first kappa shape index (κ1) is 15.2. The van der Waals surface area contributed by atoms with E-state index in [-0.39, 0.29) is 0 Å². The van der Waals surface area contributed by atoms with Crippen molar-refractivity contribution in [2.75, 3.05) is 6.61 Å². The van der Waals surface area contributed by atoms with Crippen LogP contribution < -0.4 is 0 Å². The maximum Gasteiger partial charge on any atom is 0.115 e. The predicted molar refractivity (Wildman–Crippen MR) is 86.5 cm³/mol. The summed E-state index contributed by atoms with van der Waals surface area (Å²) in [7, 11) is 0. The molecule has 0 aromatic heterocycles. The number of hydrogen-bond acceptors (Lipinski definition) is 1. The summed E-state index contributed by atoms with van der Waals surface area (Å²) in [6, 6.07) is 0. The van der Waals surface area contributed by atoms with Gasteiger partial charge in [-0.15, -0.1) is 0 Å². The minimum atomic E-state index is 0.734. The van der Waals surface area contributed by atoms with Crippen LogP contribution in [0.4, 0.5) is 0 Å². The standard InChI is InChI=1S/C19H28O/c1-2-8-17-12-14-19(15-13-17)20-16-7-6-11-18-9-4-3-5-10-18/h4,9-10,12,14-15,17H,2-3,5-8,11,13,16H2,1H3. The highest BCUT2D eigenvalue weighted by atomic mass is 16.5. The molecule has 0 radical (unpaired) electrons. The van der Waals surface area contributed by atoms with E-state index in [0.29, 0.717) is 0 Å². The molecule has 2 rings (SSSR count). The Kier molecular flexibility index (Phi) is 6.70. The van der Waals surface area contributed by atoms with E-state index >= 15 is 0 Å². The fraction of sp³-hybridized carbons (Fsp3) is 0.579. The zero-order valence-electron chi connectivity index (χ0n) is 12.8. The summed E-state index contributed by atoms with van der Waals surface area (Å²) in [4.78, 5) is 0. The van der Waals surface area contributed by atoms with Crippen LogP contribution in [0.25, 0.3) is 0 Å². The fourth-order valence-electron chi connectivity index (χ4n) is 2.81. The topological polar surface area (TPSA) is 9.23 Å². The maximum absolute atomic E-state index is 5.84. The van der Waals surface area contributed by atoms with Crippen molar-refractivity contribution in [2.45, 2.75) is 58.3 Å². The van der Waals surface area contributed by atoms with Gasteiger partial charge in [-0.2, -0.15) is 0 Å². The predicted octanol–water partition coefficient (Wildman–Crippen LogP) is 5.71. The van der Waals surface area contributed by atoms with Crippen molar-refractivity contribution in [3.63, 3.8) is 0 Å². The van der Waals surface area contributed by atoms with Gasteiger partial charge in [0.2, 0.25) is 0 Å². The molecule has 2 aliphatic rings. The summed E-state index contributed by atoms with van der Waals surface area (Å²) in [6.45, 7) is 3.10. The molecule has 2 aliphatic carbocycles. The third-order valence-electron chi connectivity index (χ3n) is 4.01. The largest absolute Gasteiger partial charge is 0.494 e. The molecule has 0 N–H and O–H groups in total. The van der Waals surface area contributed by atoms with Gasteiger partial charge in [-0.25, -0.2) is 0 Å². The smallest absolute Gasteiger partial charge is 0.115 e. The van der Waals surface area contributed by atoms with Crippen molar-refractivity contribution in [1.29, 1.82) is 0 Å². The van der Waals surface area contributed by atoms with E-state index in [1.54, 1.807) is 0 Å². The highest BCUT2D eigenvalue weighted by molar-refractivity contribution is 5.21. The molecule has 1 atom stereocenters. The minimum absolute atomic E-state index is 0.734. The number of hydrogen-bond donors (Lipinski definition) is 0. The second kappa shape index (κ2) is 8.84. The van der Waals surface area contributed by atoms with Crippen LogP contribution in [0.3, 0.4) is 0 Å². The first-order valence-electron chi connectivity index (χ1n) is 8.25. The van der Waals surface area contributed by atoms with Gasteiger partial charge in [-0.1, -0.05) is 43.2 Å². The second-order valence-corrected chi connectivity index (χ2v) is 5.81. The van der Waals surface area contributed by atoms with Gasteiger partial charge in [-0.3, -0.25) is 0 Å². The molecule has 1 nitrogen and oxygen atoms in total. The molecule has 1 unspecified atom stereocenters. The fourth-order valence-corrected chi connectivity index (χ4v) is 2.81. The van der Waals surface area contributed by atoms with Crippen LogP contribution in [0.2, 0.25) is 0 Å². The summed E-state index contributed by atoms with van der Waals surface area (Å²) in [5, 5.41) is 0. The third-order valence-corrected chi connectivity index (χ3v) is 4.01. The molecule has 0 fully saturated rings. The lowest BCUT2D eigenvalue weighted by atomic mass is 9.95. The van der Waals surface area contributed by atoms with Crippen LogP contribution in [0.5, 0.6) is 0 Å². The van der Waals surface area contributed by atoms with Crippen molar-refractivity contribution in [3.05, 3.63) is 47.8 Å². The lowest BCUT2D eigenvalue weighted by Gasteiger charge is -2.16. The Morgan fingerprint density at radius 1 is 1.15 bits per heavy atom. The van der Waals surface area contributed by atoms with E-state index in [1.807, 2.05) is 0 Å². The number of allylic oxidation sites excluding steroid dienone is 7. The van der Waals surface area contributed by atoms with Crippen molar-refractivity contribution < 1.29 is 4.74 Å². The van der Waals surface area contributed by atoms with Crippen LogP contribution in [-0.4, -0.2) is 6.61 Å². The van der Waals surface area contributed by atoms with Crippen LogP contribution in [0.1, 0.15) is 58.3 Å². The van der Waals surface area contributed by atoms with Crippen molar-refractivity contribution in [2.24, 2.45) is 5.92 Å². The van der Waals surface area contributed by atoms with E-state index < -0.39 is 0 Å². The quantitative estimate of drug-likeness (QED) is 0.514. The molecule has 1 heteroatoms. The minimum Gasteiger partial charge on any atom is -0.494 e. The van der Waals surface area contributed by atoms with Gasteiger partial charge >= 0.3 is 0 Å². The number of ether oxygens (including phenoxy) is 1. The zero-order chi connectivity index (χ0) is 14.0. The molecule has 110 valence electrons. The summed E-state index contributed by atoms with van der Waals surface area (Å²) in [5.74, 6) is 1.81. The van der Waals surface area contributed by atoms with Crippen LogP contribution >= 0.6 is 0 Å². The monoisotopic (exact) mass is 272 g/mol. The zero-order valence-corrected chi connectivity index (χ0v) is 12.8. The Hall–Kier alpha value is -1.24. The lowest BCUT2D eigenvalue weighted by Crippen LogP contribution is -2.02. The van der Waals surface area contributed by atoms with Gasteiger partial charge in [0.1, 0.15) is 5.76 Å². The molecule has 0 heterocycles. The molecule has 0 saturated heterocycles. The lowest BCUT2D eigenvalue weighted by molar-refractivity contribution is 0.214. The van der Waals surface area contributed by atoms with Gasteiger partial charge in [0.15, 0.2) is 0 Å². The molecule has 0 saturated carbocycles. The Morgan fingerprint density at radius 3 is 2.80 bits per heavy atom. The Morgan fingerprint density at radius 2 is 2.10 bits per heavy atom. The normalized spacial score (nSPS) is 21.6. The molecule has 0 amide bonds. The van der Waals surface area contributed by atoms with Crippen molar-refractivity contribution >= 4 is 0 Å². The summed E-state index contributed by atoms with van der Waals surface area (Å²) < 4.78 is 5.84. The van der Waals surface area contributed by atoms with E-state index in [9.17, 15) is 0 Å². The van der Waals surface area contributed by atoms with Crippen LogP contribution in [-0.2, 0) is 4.74 Å². The Labute approximate surface area is 124 Å². The summed E-state index contributed by atoms with van der Waals surface area (Å²) in [6.07, 6.45) is 23.4. The SMILES string of the molecule is CCCC1C=CC(OCCCCC2=CCCC=C2)=CC1. The summed E-state index contributed by atoms with van der Waals surface area (Å²) >= 11 is 0. The van der Waals surface area contributed by atoms with E-state index in [0.717, 1.165) is 31.1 Å². The van der Waals surface area contributed by atoms with Gasteiger partial charge < -0.3 is 4.74 Å². The van der Waals surface area contributed by atoms with Crippen LogP contribution in [0.15, 0.2) is 47.8 Å². The molecule has 0 aromatic carbocycles. The van der Waals surface area contributed by atoms with E-state index in [1.165, 1.54) is 44.1 Å². The Balaban J connectivity index is 1.54. The Bertz CT molecular complexity index is 398. The first-order chi connectivity index (χ1) is 9.88. The average Bonchev–Trinajstić information content (AvgIpc) is 2.50. The van der Waals surface area contributed by atoms with Gasteiger partial charge in [0.05, 0.1) is 6.61 Å². The number of rotatable bonds is 8. The van der Waals surface area contributed by atoms with E-state index in [2.05, 4.69) is 43.4 Å². The molecule has 0 bridgehead atoms. The molecule has 20 heavy (non-hydrogen) atoms. The summed E-state index contributed by atoms with van der Waals surface area (Å²) in [5.41, 5.74) is 1.51. The molecular weight excluding hydrogens is 244 g/mol. The van der Waals surface area contributed by atoms with Gasteiger partial charge in [0, 0.05) is 0 Å². The molecule has 0 aliphatic heterocycles. The molecule has 0 spiro atoms. The first-order valence-corrected chi connectivity index (χ1v) is 8.25. The van der Waals surface area contributed by atoms with E-state index in [4.69, 9.17) is 4.74 Å². The average molecular weight is 272 g/mol. The third kappa shape index (κ3) is 5.40. The number of unbranched alkanes of at least 4 members (excludes halogenated alkanes) is 1.